The second kappa shape index (κ2) is 6.90. The monoisotopic (exact) mass is 346 g/mol. The van der Waals surface area contributed by atoms with Crippen LogP contribution in [0.3, 0.4) is 0 Å². The summed E-state index contributed by atoms with van der Waals surface area (Å²) in [6.07, 6.45) is 0.189. The standard InChI is InChI=1S/C18H19BrO2/c1-4-16(18(20)14-8-6-5-7-9-14)21-15-10-12(2)17(19)13(3)11-15/h5-11,16H,4H2,1-3H3. The van der Waals surface area contributed by atoms with Crippen LogP contribution < -0.4 is 4.74 Å². The highest BCUT2D eigenvalue weighted by Gasteiger charge is 2.20. The van der Waals surface area contributed by atoms with Gasteiger partial charge in [-0.15, -0.1) is 0 Å². The van der Waals surface area contributed by atoms with Crippen molar-refractivity contribution in [3.8, 4) is 5.75 Å². The lowest BCUT2D eigenvalue weighted by Crippen LogP contribution is -2.26. The van der Waals surface area contributed by atoms with Gasteiger partial charge >= 0.3 is 0 Å². The maximum absolute atomic E-state index is 12.5. The van der Waals surface area contributed by atoms with Gasteiger partial charge in [0.25, 0.3) is 0 Å². The molecule has 2 nitrogen and oxygen atoms in total. The molecule has 0 bridgehead atoms. The maximum Gasteiger partial charge on any atom is 0.203 e. The first-order chi connectivity index (χ1) is 10.0. The van der Waals surface area contributed by atoms with Crippen molar-refractivity contribution in [2.75, 3.05) is 0 Å². The molecular weight excluding hydrogens is 328 g/mol. The predicted molar refractivity (Wildman–Crippen MR) is 89.1 cm³/mol. The van der Waals surface area contributed by atoms with Crippen molar-refractivity contribution in [2.45, 2.75) is 33.3 Å². The molecule has 110 valence electrons. The van der Waals surface area contributed by atoms with E-state index >= 15 is 0 Å². The Labute approximate surface area is 134 Å². The summed E-state index contributed by atoms with van der Waals surface area (Å²) >= 11 is 3.54. The SMILES string of the molecule is CCC(Oc1cc(C)c(Br)c(C)c1)C(=O)c1ccccc1. The summed E-state index contributed by atoms with van der Waals surface area (Å²) in [5, 5.41) is 0. The third kappa shape index (κ3) is 3.73. The minimum atomic E-state index is -0.452. The number of benzene rings is 2. The maximum atomic E-state index is 12.5. The van der Waals surface area contributed by atoms with Crippen molar-refractivity contribution in [2.24, 2.45) is 0 Å². The lowest BCUT2D eigenvalue weighted by atomic mass is 10.0. The van der Waals surface area contributed by atoms with E-state index in [4.69, 9.17) is 4.74 Å². The van der Waals surface area contributed by atoms with Crippen LogP contribution in [0.15, 0.2) is 46.9 Å². The van der Waals surface area contributed by atoms with Gasteiger partial charge < -0.3 is 4.74 Å². The van der Waals surface area contributed by atoms with Gasteiger partial charge in [0.2, 0.25) is 5.78 Å². The van der Waals surface area contributed by atoms with Gasteiger partial charge in [-0.1, -0.05) is 53.2 Å². The molecule has 0 aliphatic rings. The van der Waals surface area contributed by atoms with Crippen LogP contribution in [-0.2, 0) is 0 Å². The molecule has 2 rings (SSSR count). The van der Waals surface area contributed by atoms with E-state index in [1.54, 1.807) is 0 Å². The fraction of sp³-hybridized carbons (Fsp3) is 0.278. The molecule has 1 atom stereocenters. The van der Waals surface area contributed by atoms with E-state index in [1.807, 2.05) is 63.2 Å². The summed E-state index contributed by atoms with van der Waals surface area (Å²) in [5.41, 5.74) is 2.90. The highest BCUT2D eigenvalue weighted by atomic mass is 79.9. The number of hydrogen-bond donors (Lipinski definition) is 0. The van der Waals surface area contributed by atoms with Gasteiger partial charge in [0, 0.05) is 10.0 Å². The molecule has 2 aromatic rings. The molecule has 0 radical (unpaired) electrons. The number of rotatable bonds is 5. The van der Waals surface area contributed by atoms with E-state index < -0.39 is 6.10 Å². The van der Waals surface area contributed by atoms with Gasteiger partial charge in [-0.3, -0.25) is 4.79 Å². The summed E-state index contributed by atoms with van der Waals surface area (Å²) in [4.78, 5) is 12.5. The number of aryl methyl sites for hydroxylation is 2. The second-order valence-corrected chi connectivity index (χ2v) is 5.91. The Bertz CT molecular complexity index is 612. The zero-order valence-corrected chi connectivity index (χ0v) is 14.1. The van der Waals surface area contributed by atoms with Gasteiger partial charge in [-0.05, 0) is 43.5 Å². The Hall–Kier alpha value is -1.61. The Morgan fingerprint density at radius 3 is 2.24 bits per heavy atom. The van der Waals surface area contributed by atoms with Crippen molar-refractivity contribution < 1.29 is 9.53 Å². The van der Waals surface area contributed by atoms with Crippen molar-refractivity contribution in [3.63, 3.8) is 0 Å². The molecule has 0 aliphatic heterocycles. The molecule has 0 saturated carbocycles. The van der Waals surface area contributed by atoms with E-state index in [9.17, 15) is 4.79 Å². The average molecular weight is 347 g/mol. The molecule has 1 unspecified atom stereocenters. The number of carbonyl (C=O) groups is 1. The van der Waals surface area contributed by atoms with Crippen LogP contribution in [0.25, 0.3) is 0 Å². The molecule has 0 aromatic heterocycles. The van der Waals surface area contributed by atoms with Crippen LogP contribution in [0, 0.1) is 13.8 Å². The van der Waals surface area contributed by atoms with Crippen molar-refractivity contribution in [3.05, 3.63) is 63.6 Å². The molecule has 0 saturated heterocycles. The zero-order chi connectivity index (χ0) is 15.4. The molecule has 0 N–H and O–H groups in total. The first-order valence-corrected chi connectivity index (χ1v) is 7.85. The molecule has 3 heteroatoms. The molecule has 2 aromatic carbocycles. The Balaban J connectivity index is 2.22. The first kappa shape index (κ1) is 15.8. The lowest BCUT2D eigenvalue weighted by Gasteiger charge is -2.18. The van der Waals surface area contributed by atoms with Crippen molar-refractivity contribution in [1.29, 1.82) is 0 Å². The topological polar surface area (TPSA) is 26.3 Å². The fourth-order valence-corrected chi connectivity index (χ4v) is 2.48. The van der Waals surface area contributed by atoms with Gasteiger partial charge in [-0.2, -0.15) is 0 Å². The van der Waals surface area contributed by atoms with Crippen LogP contribution in [0.1, 0.15) is 34.8 Å². The summed E-state index contributed by atoms with van der Waals surface area (Å²) in [6, 6.07) is 13.2. The first-order valence-electron chi connectivity index (χ1n) is 7.05. The van der Waals surface area contributed by atoms with Gasteiger partial charge in [-0.25, -0.2) is 0 Å². The molecule has 21 heavy (non-hydrogen) atoms. The molecule has 0 amide bonds. The Morgan fingerprint density at radius 2 is 1.71 bits per heavy atom. The average Bonchev–Trinajstić information content (AvgIpc) is 2.50. The van der Waals surface area contributed by atoms with E-state index in [0.717, 1.165) is 21.3 Å². The molecule has 0 aliphatic carbocycles. The molecule has 0 heterocycles. The zero-order valence-electron chi connectivity index (χ0n) is 12.5. The van der Waals surface area contributed by atoms with E-state index in [2.05, 4.69) is 15.9 Å². The summed E-state index contributed by atoms with van der Waals surface area (Å²) in [5.74, 6) is 0.764. The number of Topliss-reactive ketones (excluding diaryl/α,β-unsaturated/α-hetero) is 1. The van der Waals surface area contributed by atoms with E-state index in [1.165, 1.54) is 0 Å². The third-order valence-corrected chi connectivity index (χ3v) is 4.66. The Kier molecular flexibility index (Phi) is 5.18. The second-order valence-electron chi connectivity index (χ2n) is 5.12. The quantitative estimate of drug-likeness (QED) is 0.703. The van der Waals surface area contributed by atoms with E-state index in [0.29, 0.717) is 12.0 Å². The van der Waals surface area contributed by atoms with Gasteiger partial charge in [0.1, 0.15) is 5.75 Å². The summed E-state index contributed by atoms with van der Waals surface area (Å²) in [6.45, 7) is 6.00. The van der Waals surface area contributed by atoms with E-state index in [-0.39, 0.29) is 5.78 Å². The van der Waals surface area contributed by atoms with Gasteiger partial charge in [0.05, 0.1) is 0 Å². The summed E-state index contributed by atoms with van der Waals surface area (Å²) in [7, 11) is 0. The third-order valence-electron chi connectivity index (χ3n) is 3.41. The highest BCUT2D eigenvalue weighted by Crippen LogP contribution is 2.27. The minimum Gasteiger partial charge on any atom is -0.482 e. The van der Waals surface area contributed by atoms with Gasteiger partial charge in [0.15, 0.2) is 6.10 Å². The van der Waals surface area contributed by atoms with Crippen LogP contribution in [0.2, 0.25) is 0 Å². The largest absolute Gasteiger partial charge is 0.482 e. The number of carbonyl (C=O) groups excluding carboxylic acids is 1. The van der Waals surface area contributed by atoms with Crippen LogP contribution in [-0.4, -0.2) is 11.9 Å². The smallest absolute Gasteiger partial charge is 0.203 e. The predicted octanol–water partition coefficient (Wildman–Crippen LogP) is 5.11. The van der Waals surface area contributed by atoms with Crippen LogP contribution >= 0.6 is 15.9 Å². The van der Waals surface area contributed by atoms with Crippen LogP contribution in [0.5, 0.6) is 5.75 Å². The molecule has 0 spiro atoms. The minimum absolute atomic E-state index is 0.0244. The normalized spacial score (nSPS) is 12.0. The molecule has 0 fully saturated rings. The number of ketones is 1. The number of halogens is 1. The van der Waals surface area contributed by atoms with Crippen molar-refractivity contribution >= 4 is 21.7 Å². The Morgan fingerprint density at radius 1 is 1.14 bits per heavy atom. The number of hydrogen-bond acceptors (Lipinski definition) is 2. The lowest BCUT2D eigenvalue weighted by molar-refractivity contribution is 0.0786. The van der Waals surface area contributed by atoms with Crippen LogP contribution in [0.4, 0.5) is 0 Å². The summed E-state index contributed by atoms with van der Waals surface area (Å²) < 4.78 is 7.01. The fourth-order valence-electron chi connectivity index (χ4n) is 2.25. The highest BCUT2D eigenvalue weighted by molar-refractivity contribution is 9.10. The number of ether oxygens (including phenoxy) is 1. The molecular formula is C18H19BrO2. The van der Waals surface area contributed by atoms with Crippen molar-refractivity contribution in [1.82, 2.24) is 0 Å².